The van der Waals surface area contributed by atoms with Crippen LogP contribution in [0, 0.1) is 5.92 Å². The van der Waals surface area contributed by atoms with Crippen LogP contribution in [0.1, 0.15) is 79.9 Å². The number of phenols is 6. The van der Waals surface area contributed by atoms with Gasteiger partial charge in [-0.2, -0.15) is 11.8 Å². The number of aliphatic imine (C=N–C) groups is 1. The topological polar surface area (TPSA) is 268 Å². The van der Waals surface area contributed by atoms with Gasteiger partial charge < -0.3 is 61.5 Å². The normalized spacial score (nSPS) is 15.6. The third-order valence-corrected chi connectivity index (χ3v) is 11.0. The summed E-state index contributed by atoms with van der Waals surface area (Å²) in [6, 6.07) is 10.8. The SMILES string of the molecule is CCC(C(=O)N(CCCNC(=O)c1cccc(O)c1O)CCCN(CCCCNC(=O)CCSC)C(=O)[C@H]1N=C(c2cccc(O)c2O)OC1C)C(N)c1cccc(O)c1O. The minimum Gasteiger partial charge on any atom is -0.504 e. The number of para-hydroxylation sites is 3. The second-order valence-electron chi connectivity index (χ2n) is 14.7. The number of carbonyl (C=O) groups excluding carboxylic acids is 4. The fraction of sp³-hybridized carbons (Fsp3) is 0.465. The number of carbonyl (C=O) groups is 4. The molecule has 3 aromatic carbocycles. The number of amides is 4. The molecule has 17 nitrogen and oxygen atoms in total. The van der Waals surface area contributed by atoms with Crippen LogP contribution < -0.4 is 16.4 Å². The highest BCUT2D eigenvalue weighted by atomic mass is 32.2. The number of nitrogens with two attached hydrogens (primary N) is 1. The summed E-state index contributed by atoms with van der Waals surface area (Å²) in [4.78, 5) is 61.3. The third kappa shape index (κ3) is 12.8. The number of aromatic hydroxyl groups is 6. The molecule has 1 aliphatic heterocycles. The van der Waals surface area contributed by atoms with Crippen LogP contribution in [-0.2, 0) is 19.1 Å². The van der Waals surface area contributed by atoms with Crippen LogP contribution in [0.5, 0.6) is 34.5 Å². The lowest BCUT2D eigenvalue weighted by Crippen LogP contribution is -2.45. The fourth-order valence-electron chi connectivity index (χ4n) is 6.97. The highest BCUT2D eigenvalue weighted by Gasteiger charge is 2.38. The quantitative estimate of drug-likeness (QED) is 0.0487. The van der Waals surface area contributed by atoms with Crippen LogP contribution in [0.25, 0.3) is 0 Å². The molecule has 3 aromatic rings. The number of rotatable bonds is 23. The molecule has 18 heteroatoms. The summed E-state index contributed by atoms with van der Waals surface area (Å²) in [5.41, 5.74) is 6.80. The van der Waals surface area contributed by atoms with Crippen LogP contribution in [-0.4, -0.2) is 133 Å². The summed E-state index contributed by atoms with van der Waals surface area (Å²) in [6.07, 6.45) is 3.62. The molecule has 61 heavy (non-hydrogen) atoms. The van der Waals surface area contributed by atoms with Gasteiger partial charge in [0.1, 0.15) is 6.10 Å². The Hall–Kier alpha value is -5.88. The average molecular weight is 867 g/mol. The maximum atomic E-state index is 14.3. The molecule has 4 rings (SSSR count). The molecule has 3 unspecified atom stereocenters. The fourth-order valence-corrected chi connectivity index (χ4v) is 7.36. The van der Waals surface area contributed by atoms with Crippen molar-refractivity contribution in [2.45, 2.75) is 70.6 Å². The zero-order chi connectivity index (χ0) is 44.6. The Bertz CT molecular complexity index is 2020. The van der Waals surface area contributed by atoms with Crippen molar-refractivity contribution in [3.63, 3.8) is 0 Å². The first kappa shape index (κ1) is 47.8. The number of phenolic OH excluding ortho intramolecular Hbond substituents is 6. The highest BCUT2D eigenvalue weighted by molar-refractivity contribution is 7.98. The van der Waals surface area contributed by atoms with Crippen LogP contribution in [0.4, 0.5) is 0 Å². The first-order valence-corrected chi connectivity index (χ1v) is 21.7. The summed E-state index contributed by atoms with van der Waals surface area (Å²) in [6.45, 7) is 4.79. The number of unbranched alkanes of at least 4 members (excludes halogenated alkanes) is 1. The van der Waals surface area contributed by atoms with Crippen molar-refractivity contribution in [1.82, 2.24) is 20.4 Å². The number of ether oxygens (including phenoxy) is 1. The van der Waals surface area contributed by atoms with E-state index in [9.17, 15) is 49.8 Å². The predicted octanol–water partition coefficient (Wildman–Crippen LogP) is 3.70. The second-order valence-corrected chi connectivity index (χ2v) is 15.7. The summed E-state index contributed by atoms with van der Waals surface area (Å²) in [7, 11) is 0. The Balaban J connectivity index is 1.52. The molecule has 0 spiro atoms. The lowest BCUT2D eigenvalue weighted by molar-refractivity contribution is -0.136. The van der Waals surface area contributed by atoms with Crippen LogP contribution >= 0.6 is 11.8 Å². The predicted molar refractivity (Wildman–Crippen MR) is 231 cm³/mol. The van der Waals surface area contributed by atoms with Crippen molar-refractivity contribution >= 4 is 41.3 Å². The number of thioether (sulfide) groups is 1. The van der Waals surface area contributed by atoms with Crippen molar-refractivity contribution in [2.75, 3.05) is 51.3 Å². The van der Waals surface area contributed by atoms with Gasteiger partial charge >= 0.3 is 0 Å². The summed E-state index contributed by atoms with van der Waals surface area (Å²) < 4.78 is 5.90. The van der Waals surface area contributed by atoms with Crippen LogP contribution in [0.2, 0.25) is 0 Å². The van der Waals surface area contributed by atoms with E-state index in [2.05, 4.69) is 15.6 Å². The van der Waals surface area contributed by atoms with Gasteiger partial charge in [-0.15, -0.1) is 0 Å². The molecule has 10 N–H and O–H groups in total. The standard InChI is InChI=1S/C43H58N6O11S/c1-4-27(35(44)28-12-7-15-31(50)37(28)54)42(58)48(22-10-20-46-40(57)29-13-8-16-32(51)38(29)55)23-11-24-49(21-6-5-19-45-34(53)18-25-61-3)43(59)36-26(2)60-41(47-36)30-14-9-17-33(52)39(30)56/h7-9,12-17,26-27,35-36,50-52,54-56H,4-6,10-11,18-25,44H2,1-3H3,(H,45,53)(H,46,57)/t26?,27?,35?,36-/m0/s1. The molecule has 4 amide bonds. The maximum Gasteiger partial charge on any atom is 0.255 e. The summed E-state index contributed by atoms with van der Waals surface area (Å²) in [5.74, 6) is -4.07. The van der Waals surface area contributed by atoms with Crippen LogP contribution in [0.3, 0.4) is 0 Å². The lowest BCUT2D eigenvalue weighted by atomic mass is 9.89. The molecule has 0 aromatic heterocycles. The van der Waals surface area contributed by atoms with Gasteiger partial charge in [0, 0.05) is 63.0 Å². The minimum atomic E-state index is -0.985. The van der Waals surface area contributed by atoms with E-state index in [4.69, 9.17) is 10.5 Å². The number of hydrogen-bond acceptors (Lipinski definition) is 14. The van der Waals surface area contributed by atoms with Gasteiger partial charge in [-0.1, -0.05) is 31.2 Å². The molecular formula is C43H58N6O11S. The summed E-state index contributed by atoms with van der Waals surface area (Å²) in [5, 5.41) is 66.8. The Morgan fingerprint density at radius 3 is 2.10 bits per heavy atom. The van der Waals surface area contributed by atoms with Crippen molar-refractivity contribution in [3.8, 4) is 34.5 Å². The van der Waals surface area contributed by atoms with Gasteiger partial charge in [-0.05, 0) is 75.6 Å². The second kappa shape index (κ2) is 23.2. The van der Waals surface area contributed by atoms with E-state index in [-0.39, 0.29) is 90.8 Å². The van der Waals surface area contributed by atoms with Crippen LogP contribution in [0.15, 0.2) is 59.6 Å². The molecule has 0 fully saturated rings. The van der Waals surface area contributed by atoms with E-state index < -0.39 is 53.0 Å². The van der Waals surface area contributed by atoms with Gasteiger partial charge in [0.2, 0.25) is 17.7 Å². The molecule has 332 valence electrons. The van der Waals surface area contributed by atoms with E-state index in [1.54, 1.807) is 35.4 Å². The smallest absolute Gasteiger partial charge is 0.255 e. The van der Waals surface area contributed by atoms with E-state index in [0.29, 0.717) is 44.5 Å². The van der Waals surface area contributed by atoms with Gasteiger partial charge in [-0.25, -0.2) is 4.99 Å². The van der Waals surface area contributed by atoms with Crippen molar-refractivity contribution < 1.29 is 54.6 Å². The number of nitrogens with zero attached hydrogens (tertiary/aromatic N) is 3. The highest BCUT2D eigenvalue weighted by Crippen LogP contribution is 2.36. The lowest BCUT2D eigenvalue weighted by Gasteiger charge is -2.32. The number of nitrogens with one attached hydrogen (secondary N) is 2. The van der Waals surface area contributed by atoms with Gasteiger partial charge in [0.25, 0.3) is 11.8 Å². The number of hydrogen-bond donors (Lipinski definition) is 9. The summed E-state index contributed by atoms with van der Waals surface area (Å²) >= 11 is 1.58. The van der Waals surface area contributed by atoms with Gasteiger partial charge in [-0.3, -0.25) is 19.2 Å². The third-order valence-electron chi connectivity index (χ3n) is 10.4. The Kier molecular flexibility index (Phi) is 18.2. The monoisotopic (exact) mass is 866 g/mol. The van der Waals surface area contributed by atoms with E-state index >= 15 is 0 Å². The molecule has 1 aliphatic rings. The van der Waals surface area contributed by atoms with Gasteiger partial charge in [0.05, 0.1) is 17.0 Å². The molecule has 0 saturated carbocycles. The first-order chi connectivity index (χ1) is 29.2. The largest absolute Gasteiger partial charge is 0.504 e. The van der Waals surface area contributed by atoms with Crippen molar-refractivity contribution in [3.05, 3.63) is 71.3 Å². The Morgan fingerprint density at radius 2 is 1.39 bits per heavy atom. The zero-order valence-corrected chi connectivity index (χ0v) is 35.6. The minimum absolute atomic E-state index is 0.00927. The zero-order valence-electron chi connectivity index (χ0n) is 34.7. The molecule has 1 heterocycles. The van der Waals surface area contributed by atoms with E-state index in [0.717, 1.165) is 0 Å². The molecule has 0 bridgehead atoms. The molecule has 0 saturated heterocycles. The molecule has 0 radical (unpaired) electrons. The number of benzene rings is 3. The Morgan fingerprint density at radius 1 is 0.787 bits per heavy atom. The Labute approximate surface area is 359 Å². The van der Waals surface area contributed by atoms with E-state index in [1.807, 2.05) is 6.26 Å². The maximum absolute atomic E-state index is 14.3. The first-order valence-electron chi connectivity index (χ1n) is 20.3. The van der Waals surface area contributed by atoms with E-state index in [1.165, 1.54) is 54.6 Å². The van der Waals surface area contributed by atoms with Crippen molar-refractivity contribution in [2.24, 2.45) is 16.6 Å². The van der Waals surface area contributed by atoms with Gasteiger partial charge in [0.15, 0.2) is 40.5 Å². The van der Waals surface area contributed by atoms with Crippen molar-refractivity contribution in [1.29, 1.82) is 0 Å². The molecule has 4 atom stereocenters. The average Bonchev–Trinajstić information content (AvgIpc) is 3.63. The molecular weight excluding hydrogens is 809 g/mol. The molecule has 0 aliphatic carbocycles.